The Bertz CT molecular complexity index is 284. The van der Waals surface area contributed by atoms with Crippen molar-refractivity contribution in [1.29, 1.82) is 0 Å². The number of morpholine rings is 1. The summed E-state index contributed by atoms with van der Waals surface area (Å²) in [6.45, 7) is 9.49. The third kappa shape index (κ3) is 3.10. The normalized spacial score (nSPS) is 26.5. The van der Waals surface area contributed by atoms with E-state index < -0.39 is 5.60 Å². The maximum Gasteiger partial charge on any atom is 0.410 e. The van der Waals surface area contributed by atoms with Gasteiger partial charge in [-0.2, -0.15) is 0 Å². The smallest absolute Gasteiger partial charge is 0.410 e. The molecule has 2 aliphatic rings. The van der Waals surface area contributed by atoms with Gasteiger partial charge >= 0.3 is 6.09 Å². The molecule has 5 nitrogen and oxygen atoms in total. The first-order valence-corrected chi connectivity index (χ1v) is 6.25. The summed E-state index contributed by atoms with van der Waals surface area (Å²) in [5.74, 6) is 0.503. The van der Waals surface area contributed by atoms with E-state index in [-0.39, 0.29) is 12.1 Å². The average Bonchev–Trinajstić information content (AvgIpc) is 2.13. The Morgan fingerprint density at radius 1 is 1.41 bits per heavy atom. The summed E-state index contributed by atoms with van der Waals surface area (Å²) >= 11 is 0. The van der Waals surface area contributed by atoms with Crippen LogP contribution >= 0.6 is 0 Å². The van der Waals surface area contributed by atoms with E-state index in [1.807, 2.05) is 25.7 Å². The molecule has 0 aromatic rings. The van der Waals surface area contributed by atoms with Crippen molar-refractivity contribution in [1.82, 2.24) is 10.2 Å². The molecule has 2 rings (SSSR count). The van der Waals surface area contributed by atoms with E-state index >= 15 is 0 Å². The van der Waals surface area contributed by atoms with Crippen LogP contribution in [0.5, 0.6) is 0 Å². The second-order valence-electron chi connectivity index (χ2n) is 5.73. The quantitative estimate of drug-likeness (QED) is 0.740. The zero-order valence-corrected chi connectivity index (χ0v) is 10.9. The van der Waals surface area contributed by atoms with Crippen molar-refractivity contribution in [2.24, 2.45) is 5.92 Å². The largest absolute Gasteiger partial charge is 0.444 e. The third-order valence-electron chi connectivity index (χ3n) is 3.15. The lowest BCUT2D eigenvalue weighted by atomic mass is 9.92. The molecule has 0 radical (unpaired) electrons. The van der Waals surface area contributed by atoms with Crippen molar-refractivity contribution in [3.8, 4) is 0 Å². The number of amides is 1. The molecule has 0 spiro atoms. The molecule has 1 unspecified atom stereocenters. The van der Waals surface area contributed by atoms with E-state index in [9.17, 15) is 4.79 Å². The molecule has 17 heavy (non-hydrogen) atoms. The van der Waals surface area contributed by atoms with Gasteiger partial charge in [0, 0.05) is 25.6 Å². The van der Waals surface area contributed by atoms with Crippen molar-refractivity contribution in [3.05, 3.63) is 0 Å². The summed E-state index contributed by atoms with van der Waals surface area (Å²) < 4.78 is 10.9. The second kappa shape index (κ2) is 4.82. The van der Waals surface area contributed by atoms with Gasteiger partial charge in [-0.3, -0.25) is 0 Å². The molecular weight excluding hydrogens is 220 g/mol. The molecule has 0 bridgehead atoms. The van der Waals surface area contributed by atoms with E-state index in [0.29, 0.717) is 25.7 Å². The minimum atomic E-state index is -0.433. The maximum atomic E-state index is 12.1. The Balaban J connectivity index is 1.97. The summed E-state index contributed by atoms with van der Waals surface area (Å²) in [5.41, 5.74) is -0.433. The molecule has 2 fully saturated rings. The third-order valence-corrected chi connectivity index (χ3v) is 3.15. The number of rotatable bonds is 1. The molecule has 0 aliphatic carbocycles. The molecule has 2 aliphatic heterocycles. The molecule has 2 heterocycles. The molecule has 0 aromatic carbocycles. The van der Waals surface area contributed by atoms with Crippen molar-refractivity contribution in [3.63, 3.8) is 0 Å². The van der Waals surface area contributed by atoms with E-state index in [1.54, 1.807) is 0 Å². The molecular formula is C12H22N2O3. The molecule has 1 amide bonds. The summed E-state index contributed by atoms with van der Waals surface area (Å²) in [6.07, 6.45) is -0.210. The number of hydrogen-bond donors (Lipinski definition) is 1. The van der Waals surface area contributed by atoms with Crippen LogP contribution < -0.4 is 5.32 Å². The van der Waals surface area contributed by atoms with Gasteiger partial charge in [-0.25, -0.2) is 4.79 Å². The first kappa shape index (κ1) is 12.6. The predicted octanol–water partition coefficient (Wildman–Crippen LogP) is 0.842. The lowest BCUT2D eigenvalue weighted by Gasteiger charge is -2.43. The summed E-state index contributed by atoms with van der Waals surface area (Å²) in [6, 6.07) is 0.167. The Hall–Kier alpha value is -0.810. The van der Waals surface area contributed by atoms with Crippen LogP contribution in [0.3, 0.4) is 0 Å². The molecule has 2 saturated heterocycles. The molecule has 0 saturated carbocycles. The Morgan fingerprint density at radius 2 is 2.12 bits per heavy atom. The van der Waals surface area contributed by atoms with Gasteiger partial charge < -0.3 is 19.7 Å². The van der Waals surface area contributed by atoms with Gasteiger partial charge in [-0.05, 0) is 20.8 Å². The van der Waals surface area contributed by atoms with Gasteiger partial charge in [0.25, 0.3) is 0 Å². The Kier molecular flexibility index (Phi) is 3.58. The van der Waals surface area contributed by atoms with E-state index in [1.165, 1.54) is 0 Å². The molecule has 98 valence electrons. The van der Waals surface area contributed by atoms with E-state index in [4.69, 9.17) is 9.47 Å². The highest BCUT2D eigenvalue weighted by Gasteiger charge is 2.38. The Labute approximate surface area is 102 Å². The minimum absolute atomic E-state index is 0.167. The van der Waals surface area contributed by atoms with E-state index in [0.717, 1.165) is 13.1 Å². The van der Waals surface area contributed by atoms with Gasteiger partial charge in [-0.15, -0.1) is 0 Å². The van der Waals surface area contributed by atoms with Crippen LogP contribution in [-0.2, 0) is 9.47 Å². The SMILES string of the molecule is CC(C)(C)OC(=O)N1CCOCC1C1CNC1. The second-order valence-corrected chi connectivity index (χ2v) is 5.73. The van der Waals surface area contributed by atoms with Crippen LogP contribution in [0.15, 0.2) is 0 Å². The van der Waals surface area contributed by atoms with Gasteiger partial charge in [0.15, 0.2) is 0 Å². The zero-order chi connectivity index (χ0) is 12.5. The number of ether oxygens (including phenoxy) is 2. The summed E-state index contributed by atoms with van der Waals surface area (Å²) in [7, 11) is 0. The average molecular weight is 242 g/mol. The van der Waals surface area contributed by atoms with Crippen LogP contribution in [-0.4, -0.2) is 55.5 Å². The fourth-order valence-electron chi connectivity index (χ4n) is 2.14. The molecule has 5 heteroatoms. The number of nitrogens with zero attached hydrogens (tertiary/aromatic N) is 1. The van der Waals surface area contributed by atoms with Gasteiger partial charge in [-0.1, -0.05) is 0 Å². The van der Waals surface area contributed by atoms with Gasteiger partial charge in [0.1, 0.15) is 5.60 Å². The van der Waals surface area contributed by atoms with Crippen LogP contribution in [0.25, 0.3) is 0 Å². The lowest BCUT2D eigenvalue weighted by Crippen LogP contribution is -2.60. The van der Waals surface area contributed by atoms with Crippen LogP contribution in [0.2, 0.25) is 0 Å². The highest BCUT2D eigenvalue weighted by Crippen LogP contribution is 2.21. The number of nitrogens with one attached hydrogen (secondary N) is 1. The standard InChI is InChI=1S/C12H22N2O3/c1-12(2,3)17-11(15)14-4-5-16-8-10(14)9-6-13-7-9/h9-10,13H,4-8H2,1-3H3. The summed E-state index contributed by atoms with van der Waals surface area (Å²) in [4.78, 5) is 13.9. The summed E-state index contributed by atoms with van der Waals surface area (Å²) in [5, 5.41) is 3.23. The Morgan fingerprint density at radius 3 is 2.65 bits per heavy atom. The van der Waals surface area contributed by atoms with E-state index in [2.05, 4.69) is 5.32 Å². The highest BCUT2D eigenvalue weighted by molar-refractivity contribution is 5.68. The number of carbonyl (C=O) groups is 1. The molecule has 1 atom stereocenters. The van der Waals surface area contributed by atoms with Gasteiger partial charge in [0.05, 0.1) is 19.3 Å². The maximum absolute atomic E-state index is 12.1. The van der Waals surface area contributed by atoms with Gasteiger partial charge in [0.2, 0.25) is 0 Å². The molecule has 1 N–H and O–H groups in total. The lowest BCUT2D eigenvalue weighted by molar-refractivity contribution is -0.0526. The van der Waals surface area contributed by atoms with Crippen LogP contribution in [0.1, 0.15) is 20.8 Å². The van der Waals surface area contributed by atoms with Crippen molar-refractivity contribution in [2.45, 2.75) is 32.4 Å². The van der Waals surface area contributed by atoms with Crippen molar-refractivity contribution >= 4 is 6.09 Å². The van der Waals surface area contributed by atoms with Crippen LogP contribution in [0.4, 0.5) is 4.79 Å². The van der Waals surface area contributed by atoms with Crippen molar-refractivity contribution in [2.75, 3.05) is 32.8 Å². The topological polar surface area (TPSA) is 50.8 Å². The highest BCUT2D eigenvalue weighted by atomic mass is 16.6. The van der Waals surface area contributed by atoms with Crippen molar-refractivity contribution < 1.29 is 14.3 Å². The monoisotopic (exact) mass is 242 g/mol. The predicted molar refractivity (Wildman–Crippen MR) is 63.9 cm³/mol. The number of carbonyl (C=O) groups excluding carboxylic acids is 1. The first-order valence-electron chi connectivity index (χ1n) is 6.25. The van der Waals surface area contributed by atoms with Crippen LogP contribution in [0, 0.1) is 5.92 Å². The minimum Gasteiger partial charge on any atom is -0.444 e. The zero-order valence-electron chi connectivity index (χ0n) is 10.9. The fourth-order valence-corrected chi connectivity index (χ4v) is 2.14. The first-order chi connectivity index (χ1) is 7.97. The molecule has 0 aromatic heterocycles. The fraction of sp³-hybridized carbons (Fsp3) is 0.917. The number of hydrogen-bond acceptors (Lipinski definition) is 4.